The topological polar surface area (TPSA) is 41.5 Å². The minimum absolute atomic E-state index is 0.119. The first kappa shape index (κ1) is 17.5. The van der Waals surface area contributed by atoms with Gasteiger partial charge in [0.05, 0.1) is 6.42 Å². The molecule has 1 amide bonds. The Morgan fingerprint density at radius 2 is 2.11 bits per heavy atom. The van der Waals surface area contributed by atoms with E-state index in [-0.39, 0.29) is 12.3 Å². The van der Waals surface area contributed by atoms with Crippen molar-refractivity contribution >= 4 is 39.9 Å². The van der Waals surface area contributed by atoms with Crippen LogP contribution in [0.4, 0.5) is 0 Å². The smallest absolute Gasteiger partial charge is 0.230 e. The molecule has 0 aromatic rings. The molecule has 2 radical (unpaired) electrons. The molecular formula is C12H20BN2OPS. The highest BCUT2D eigenvalue weighted by Gasteiger charge is 2.11. The van der Waals surface area contributed by atoms with Gasteiger partial charge >= 0.3 is 0 Å². The minimum atomic E-state index is -0.119. The molecule has 0 saturated heterocycles. The molecule has 1 unspecified atom stereocenters. The Morgan fingerprint density at radius 1 is 1.50 bits per heavy atom. The summed E-state index contributed by atoms with van der Waals surface area (Å²) >= 11 is 1.50. The zero-order valence-corrected chi connectivity index (χ0v) is 13.2. The predicted octanol–water partition coefficient (Wildman–Crippen LogP) is 2.45. The van der Waals surface area contributed by atoms with Crippen molar-refractivity contribution in [2.24, 2.45) is 4.99 Å². The van der Waals surface area contributed by atoms with Gasteiger partial charge < -0.3 is 5.32 Å². The van der Waals surface area contributed by atoms with E-state index in [0.717, 1.165) is 16.6 Å². The van der Waals surface area contributed by atoms with Gasteiger partial charge in [-0.05, 0) is 23.1 Å². The first-order valence-electron chi connectivity index (χ1n) is 5.77. The number of hydrogen-bond donors (Lipinski definition) is 1. The van der Waals surface area contributed by atoms with Crippen LogP contribution >= 0.6 is 21.0 Å². The number of amidine groups is 1. The van der Waals surface area contributed by atoms with Gasteiger partial charge in [-0.2, -0.15) is 0 Å². The van der Waals surface area contributed by atoms with E-state index in [1.54, 1.807) is 7.05 Å². The van der Waals surface area contributed by atoms with E-state index in [1.807, 2.05) is 13.8 Å². The van der Waals surface area contributed by atoms with Crippen LogP contribution in [0.1, 0.15) is 26.7 Å². The van der Waals surface area contributed by atoms with Crippen LogP contribution in [0, 0.1) is 0 Å². The van der Waals surface area contributed by atoms with E-state index in [2.05, 4.69) is 26.1 Å². The fraction of sp³-hybridized carbons (Fsp3) is 0.500. The van der Waals surface area contributed by atoms with Gasteiger partial charge in [0.15, 0.2) is 5.17 Å². The van der Waals surface area contributed by atoms with Gasteiger partial charge in [-0.15, -0.1) is 14.7 Å². The molecule has 0 spiro atoms. The van der Waals surface area contributed by atoms with E-state index in [1.165, 1.54) is 11.8 Å². The summed E-state index contributed by atoms with van der Waals surface area (Å²) < 4.78 is 0. The number of aliphatic imine (C=N–C) groups is 1. The van der Waals surface area contributed by atoms with Crippen molar-refractivity contribution in [3.05, 3.63) is 22.9 Å². The summed E-state index contributed by atoms with van der Waals surface area (Å²) in [6.07, 6.45) is 0.930. The number of thioether (sulfide) groups is 1. The second kappa shape index (κ2) is 9.40. The Balaban J connectivity index is 4.69. The van der Waals surface area contributed by atoms with Crippen molar-refractivity contribution in [1.29, 1.82) is 0 Å². The molecule has 0 rings (SSSR count). The fourth-order valence-corrected chi connectivity index (χ4v) is 2.14. The molecule has 0 aromatic carbocycles. The van der Waals surface area contributed by atoms with E-state index >= 15 is 0 Å². The minimum Gasteiger partial charge on any atom is -0.305 e. The largest absolute Gasteiger partial charge is 0.305 e. The first-order valence-corrected chi connectivity index (χ1v) is 7.34. The first-order chi connectivity index (χ1) is 8.46. The number of allylic oxidation sites excluding steroid dienone is 2. The van der Waals surface area contributed by atoms with E-state index < -0.39 is 0 Å². The summed E-state index contributed by atoms with van der Waals surface area (Å²) in [6.45, 7) is 7.78. The molecule has 1 N–H and O–H groups in total. The third-order valence-electron chi connectivity index (χ3n) is 2.22. The van der Waals surface area contributed by atoms with Gasteiger partial charge in [0.2, 0.25) is 5.91 Å². The van der Waals surface area contributed by atoms with E-state index in [0.29, 0.717) is 17.1 Å². The fourth-order valence-electron chi connectivity index (χ4n) is 1.26. The molecule has 0 aliphatic heterocycles. The lowest BCUT2D eigenvalue weighted by Crippen LogP contribution is -2.28. The van der Waals surface area contributed by atoms with Crippen LogP contribution in [0.15, 0.2) is 27.9 Å². The molecule has 6 heteroatoms. The van der Waals surface area contributed by atoms with Crippen LogP contribution in [0.3, 0.4) is 0 Å². The zero-order chi connectivity index (χ0) is 14.1. The van der Waals surface area contributed by atoms with Crippen molar-refractivity contribution < 1.29 is 4.79 Å². The standard InChI is InChI=1S/C12H20BN2OPS/c1-5-10(13)9(8(3)17)7-11(16)15-12(14-4)18-6-2/h3,5-7,17H2,1-2,4H3,(H,14,15,16)/b10-9+. The average molecular weight is 282 g/mol. The molecule has 3 nitrogen and oxygen atoms in total. The summed E-state index contributed by atoms with van der Waals surface area (Å²) in [7, 11) is 10.0. The van der Waals surface area contributed by atoms with E-state index in [9.17, 15) is 4.79 Å². The number of nitrogens with zero attached hydrogens (tertiary/aromatic N) is 1. The molecule has 18 heavy (non-hydrogen) atoms. The highest BCUT2D eigenvalue weighted by Crippen LogP contribution is 2.22. The van der Waals surface area contributed by atoms with Crippen LogP contribution in [-0.2, 0) is 4.79 Å². The maximum atomic E-state index is 11.9. The van der Waals surface area contributed by atoms with Gasteiger partial charge in [-0.3, -0.25) is 9.79 Å². The van der Waals surface area contributed by atoms with Gasteiger partial charge in [0.1, 0.15) is 7.85 Å². The van der Waals surface area contributed by atoms with Gasteiger partial charge in [-0.1, -0.05) is 32.2 Å². The SMILES string of the molecule is [B]/C(CC)=C(\CC(=O)NC(=NC)SCC)C(=C)P. The molecule has 0 saturated carbocycles. The molecular weight excluding hydrogens is 262 g/mol. The third kappa shape index (κ3) is 6.41. The lowest BCUT2D eigenvalue weighted by Gasteiger charge is -2.12. The third-order valence-corrected chi connectivity index (χ3v) is 3.42. The lowest BCUT2D eigenvalue weighted by atomic mass is 9.86. The number of rotatable bonds is 5. The molecule has 0 aromatic heterocycles. The Morgan fingerprint density at radius 3 is 2.50 bits per heavy atom. The van der Waals surface area contributed by atoms with E-state index in [4.69, 9.17) is 7.85 Å². The Bertz CT molecular complexity index is 380. The van der Waals surface area contributed by atoms with Crippen molar-refractivity contribution in [2.75, 3.05) is 12.8 Å². The Kier molecular flexibility index (Phi) is 9.12. The summed E-state index contributed by atoms with van der Waals surface area (Å²) in [5.41, 5.74) is 1.49. The Hall–Kier alpha value is -0.535. The second-order valence-electron chi connectivity index (χ2n) is 3.57. The highest BCUT2D eigenvalue weighted by atomic mass is 32.2. The maximum absolute atomic E-state index is 11.9. The van der Waals surface area contributed by atoms with Crippen LogP contribution in [0.25, 0.3) is 0 Å². The molecule has 1 atom stereocenters. The number of amides is 1. The van der Waals surface area contributed by atoms with Crippen LogP contribution in [0.5, 0.6) is 0 Å². The maximum Gasteiger partial charge on any atom is 0.230 e. The van der Waals surface area contributed by atoms with Crippen molar-refractivity contribution in [2.45, 2.75) is 26.7 Å². The molecule has 0 aliphatic carbocycles. The number of nitrogens with one attached hydrogen (secondary N) is 1. The van der Waals surface area contributed by atoms with Crippen molar-refractivity contribution in [1.82, 2.24) is 5.32 Å². The summed E-state index contributed by atoms with van der Waals surface area (Å²) in [4.78, 5) is 15.9. The highest BCUT2D eigenvalue weighted by molar-refractivity contribution is 8.13. The van der Waals surface area contributed by atoms with Crippen LogP contribution in [-0.4, -0.2) is 31.7 Å². The summed E-state index contributed by atoms with van der Waals surface area (Å²) in [5, 5.41) is 4.15. The molecule has 0 aliphatic rings. The number of carbonyl (C=O) groups excluding carboxylic acids is 1. The molecule has 98 valence electrons. The van der Waals surface area contributed by atoms with Crippen LogP contribution in [0.2, 0.25) is 0 Å². The average Bonchev–Trinajstić information content (AvgIpc) is 2.34. The predicted molar refractivity (Wildman–Crippen MR) is 86.2 cm³/mol. The monoisotopic (exact) mass is 282 g/mol. The second-order valence-corrected chi connectivity index (χ2v) is 5.52. The molecule has 0 fully saturated rings. The van der Waals surface area contributed by atoms with Crippen molar-refractivity contribution in [3.8, 4) is 0 Å². The molecule has 0 bridgehead atoms. The lowest BCUT2D eigenvalue weighted by molar-refractivity contribution is -0.118. The number of hydrogen-bond acceptors (Lipinski definition) is 3. The normalized spacial score (nSPS) is 13.0. The van der Waals surface area contributed by atoms with Gasteiger partial charge in [0, 0.05) is 7.05 Å². The van der Waals surface area contributed by atoms with Gasteiger partial charge in [0.25, 0.3) is 0 Å². The van der Waals surface area contributed by atoms with Crippen molar-refractivity contribution in [3.63, 3.8) is 0 Å². The Labute approximate surface area is 118 Å². The number of carbonyl (C=O) groups is 1. The summed E-state index contributed by atoms with van der Waals surface area (Å²) in [6, 6.07) is 0. The van der Waals surface area contributed by atoms with Crippen LogP contribution < -0.4 is 5.32 Å². The van der Waals surface area contributed by atoms with Gasteiger partial charge in [-0.25, -0.2) is 0 Å². The summed E-state index contributed by atoms with van der Waals surface area (Å²) in [5.74, 6) is 0.745. The quantitative estimate of drug-likeness (QED) is 0.277. The molecule has 0 heterocycles. The zero-order valence-electron chi connectivity index (χ0n) is 11.2.